The molecule has 0 bridgehead atoms. The Morgan fingerprint density at radius 1 is 1.11 bits per heavy atom. The summed E-state index contributed by atoms with van der Waals surface area (Å²) in [5.74, 6) is 0.215. The van der Waals surface area contributed by atoms with Crippen molar-refractivity contribution in [3.05, 3.63) is 54.1 Å². The lowest BCUT2D eigenvalue weighted by Crippen LogP contribution is -2.50. The average Bonchev–Trinajstić information content (AvgIpc) is 3.25. The van der Waals surface area contributed by atoms with E-state index in [9.17, 15) is 9.59 Å². The van der Waals surface area contributed by atoms with Crippen molar-refractivity contribution in [2.24, 2.45) is 10.9 Å². The van der Waals surface area contributed by atoms with Crippen molar-refractivity contribution in [1.82, 2.24) is 10.9 Å². The predicted molar refractivity (Wildman–Crippen MR) is 142 cm³/mol. The minimum atomic E-state index is -0.493. The Bertz CT molecular complexity index is 1160. The molecule has 0 aromatic heterocycles. The summed E-state index contributed by atoms with van der Waals surface area (Å²) in [5, 5.41) is 12.3. The fourth-order valence-corrected chi connectivity index (χ4v) is 4.96. The van der Waals surface area contributed by atoms with Crippen LogP contribution in [0.3, 0.4) is 0 Å². The number of carbonyl (C=O) groups excluding carboxylic acids is 2. The van der Waals surface area contributed by atoms with Gasteiger partial charge in [0.2, 0.25) is 5.91 Å². The third-order valence-electron chi connectivity index (χ3n) is 5.77. The van der Waals surface area contributed by atoms with Crippen LogP contribution in [-0.2, 0) is 9.53 Å². The molecular weight excluding hydrogens is 480 g/mol. The first-order chi connectivity index (χ1) is 17.4. The van der Waals surface area contributed by atoms with E-state index in [1.165, 1.54) is 11.8 Å². The maximum atomic E-state index is 12.9. The van der Waals surface area contributed by atoms with Crippen LogP contribution in [-0.4, -0.2) is 54.1 Å². The number of nitrogens with one attached hydrogen (secondary N) is 4. The molecule has 2 aliphatic rings. The summed E-state index contributed by atoms with van der Waals surface area (Å²) in [5.41, 5.74) is 7.74. The molecule has 1 amide bonds. The quantitative estimate of drug-likeness (QED) is 0.399. The normalized spacial score (nSPS) is 21.0. The van der Waals surface area contributed by atoms with Crippen molar-refractivity contribution in [2.75, 3.05) is 29.2 Å². The molecule has 11 heteroatoms. The summed E-state index contributed by atoms with van der Waals surface area (Å²) in [4.78, 5) is 31.7. The fourth-order valence-electron chi connectivity index (χ4n) is 4.10. The van der Waals surface area contributed by atoms with Crippen molar-refractivity contribution < 1.29 is 19.1 Å². The zero-order valence-corrected chi connectivity index (χ0v) is 21.2. The van der Waals surface area contributed by atoms with Crippen molar-refractivity contribution in [3.8, 4) is 5.75 Å². The van der Waals surface area contributed by atoms with Gasteiger partial charge in [0.1, 0.15) is 17.8 Å². The Labute approximate surface area is 214 Å². The largest absolute Gasteiger partial charge is 0.494 e. The predicted octanol–water partition coefficient (Wildman–Crippen LogP) is 3.23. The highest BCUT2D eigenvalue weighted by Gasteiger charge is 2.43. The molecule has 4 N–H and O–H groups in total. The number of carbonyl (C=O) groups is 2. The van der Waals surface area contributed by atoms with Crippen molar-refractivity contribution in [1.29, 1.82) is 5.41 Å². The van der Waals surface area contributed by atoms with Crippen LogP contribution in [0.4, 0.5) is 11.4 Å². The summed E-state index contributed by atoms with van der Waals surface area (Å²) in [6, 6.07) is 14.2. The number of thioether (sulfide) groups is 1. The summed E-state index contributed by atoms with van der Waals surface area (Å²) >= 11 is 1.23. The number of hydrogen-bond donors (Lipinski definition) is 4. The minimum absolute atomic E-state index is 0.0191. The molecule has 0 spiro atoms. The number of anilines is 2. The van der Waals surface area contributed by atoms with Crippen molar-refractivity contribution in [3.63, 3.8) is 0 Å². The molecule has 0 radical (unpaired) electrons. The lowest BCUT2D eigenvalue weighted by Gasteiger charge is -2.36. The van der Waals surface area contributed by atoms with Crippen molar-refractivity contribution in [2.45, 2.75) is 33.0 Å². The molecular formula is C25H30N6O4S. The number of aliphatic imine (C=N–C) groups is 1. The molecule has 1 saturated heterocycles. The Kier molecular flexibility index (Phi) is 8.24. The molecule has 3 unspecified atom stereocenters. The van der Waals surface area contributed by atoms with Crippen LogP contribution in [0.15, 0.2) is 53.5 Å². The fraction of sp³-hybridized carbons (Fsp3) is 0.360. The van der Waals surface area contributed by atoms with Crippen LogP contribution < -0.4 is 25.8 Å². The minimum Gasteiger partial charge on any atom is -0.494 e. The first-order valence-electron chi connectivity index (χ1n) is 11.8. The maximum Gasteiger partial charge on any atom is 0.340 e. The van der Waals surface area contributed by atoms with Gasteiger partial charge < -0.3 is 14.8 Å². The second-order valence-electron chi connectivity index (χ2n) is 8.21. The third kappa shape index (κ3) is 5.53. The van der Waals surface area contributed by atoms with Gasteiger partial charge in [-0.15, -0.1) is 0 Å². The van der Waals surface area contributed by atoms with E-state index < -0.39 is 5.97 Å². The van der Waals surface area contributed by atoms with Crippen LogP contribution in [0, 0.1) is 11.3 Å². The van der Waals surface area contributed by atoms with Crippen LogP contribution in [0.25, 0.3) is 0 Å². The van der Waals surface area contributed by atoms with Crippen LogP contribution >= 0.6 is 11.8 Å². The van der Waals surface area contributed by atoms with Gasteiger partial charge in [-0.25, -0.2) is 15.2 Å². The van der Waals surface area contributed by atoms with E-state index in [1.54, 1.807) is 36.1 Å². The summed E-state index contributed by atoms with van der Waals surface area (Å²) in [6.45, 7) is 6.47. The summed E-state index contributed by atoms with van der Waals surface area (Å²) in [6.07, 6.45) is -0.304. The summed E-state index contributed by atoms with van der Waals surface area (Å²) < 4.78 is 10.6. The Morgan fingerprint density at radius 3 is 2.58 bits per heavy atom. The number of fused-ring (bicyclic) bond motifs is 1. The smallest absolute Gasteiger partial charge is 0.340 e. The molecule has 190 valence electrons. The van der Waals surface area contributed by atoms with Gasteiger partial charge in [-0.1, -0.05) is 23.9 Å². The lowest BCUT2D eigenvalue weighted by atomic mass is 9.97. The van der Waals surface area contributed by atoms with E-state index in [2.05, 4.69) is 16.2 Å². The molecule has 2 aromatic rings. The Hall–Kier alpha value is -3.41. The molecule has 2 aliphatic heterocycles. The van der Waals surface area contributed by atoms with Crippen LogP contribution in [0.2, 0.25) is 0 Å². The van der Waals surface area contributed by atoms with Gasteiger partial charge in [-0.2, -0.15) is 0 Å². The van der Waals surface area contributed by atoms with E-state index in [1.807, 2.05) is 38.1 Å². The van der Waals surface area contributed by atoms with Crippen LogP contribution in [0.1, 0.15) is 31.1 Å². The standard InChI is InChI=1S/C25H30N6O4S/c1-4-34-17-12-10-16(11-13-17)31-22(26)21-15(3)29-30-23(21)28-25(31)36-14-20(32)27-19-9-7-6-8-18(19)24(33)35-5-2/h6-13,15,21,23,26,29-30H,4-5,14H2,1-3H3,(H,27,32). The van der Waals surface area contributed by atoms with E-state index >= 15 is 0 Å². The van der Waals surface area contributed by atoms with Gasteiger partial charge in [-0.3, -0.25) is 20.5 Å². The average molecular weight is 511 g/mol. The van der Waals surface area contributed by atoms with Crippen LogP contribution in [0.5, 0.6) is 5.75 Å². The van der Waals surface area contributed by atoms with E-state index in [4.69, 9.17) is 19.9 Å². The van der Waals surface area contributed by atoms with E-state index in [0.717, 1.165) is 11.4 Å². The Balaban J connectivity index is 1.52. The molecule has 4 rings (SSSR count). The molecule has 2 heterocycles. The second-order valence-corrected chi connectivity index (χ2v) is 9.15. The number of hydrazine groups is 1. The van der Waals surface area contributed by atoms with E-state index in [-0.39, 0.29) is 36.4 Å². The molecule has 10 nitrogen and oxygen atoms in total. The number of esters is 1. The third-order valence-corrected chi connectivity index (χ3v) is 6.72. The summed E-state index contributed by atoms with van der Waals surface area (Å²) in [7, 11) is 0. The zero-order valence-electron chi connectivity index (χ0n) is 20.4. The number of rotatable bonds is 8. The van der Waals surface area contributed by atoms with Gasteiger partial charge in [0.15, 0.2) is 5.17 Å². The second kappa shape index (κ2) is 11.5. The molecule has 0 aliphatic carbocycles. The van der Waals surface area contributed by atoms with E-state index in [0.29, 0.717) is 28.9 Å². The van der Waals surface area contributed by atoms with Gasteiger partial charge >= 0.3 is 5.97 Å². The molecule has 3 atom stereocenters. The molecule has 2 aromatic carbocycles. The number of amides is 1. The molecule has 0 saturated carbocycles. The topological polar surface area (TPSA) is 128 Å². The highest BCUT2D eigenvalue weighted by molar-refractivity contribution is 8.14. The maximum absolute atomic E-state index is 12.9. The first-order valence-corrected chi connectivity index (χ1v) is 12.8. The number of hydrogen-bond acceptors (Lipinski definition) is 9. The highest BCUT2D eigenvalue weighted by atomic mass is 32.2. The number of benzene rings is 2. The van der Waals surface area contributed by atoms with Gasteiger partial charge in [-0.05, 0) is 57.2 Å². The zero-order chi connectivity index (χ0) is 25.7. The highest BCUT2D eigenvalue weighted by Crippen LogP contribution is 2.32. The molecule has 36 heavy (non-hydrogen) atoms. The number of nitrogens with zero attached hydrogens (tertiary/aromatic N) is 2. The number of amidine groups is 2. The SMILES string of the molecule is CCOC(=O)c1ccccc1NC(=O)CSC1=NC2NNC(C)C2C(=N)N1c1ccc(OCC)cc1. The number of para-hydroxylation sites is 1. The lowest BCUT2D eigenvalue weighted by molar-refractivity contribution is -0.113. The van der Waals surface area contributed by atoms with Gasteiger partial charge in [0, 0.05) is 11.7 Å². The number of ether oxygens (including phenoxy) is 2. The molecule has 1 fully saturated rings. The van der Waals surface area contributed by atoms with Gasteiger partial charge in [0.05, 0.1) is 36.1 Å². The Morgan fingerprint density at radius 2 is 1.86 bits per heavy atom. The van der Waals surface area contributed by atoms with Gasteiger partial charge in [0.25, 0.3) is 0 Å². The monoisotopic (exact) mass is 510 g/mol. The van der Waals surface area contributed by atoms with Crippen molar-refractivity contribution >= 4 is 46.0 Å². The first kappa shape index (κ1) is 25.7.